The van der Waals surface area contributed by atoms with Crippen LogP contribution in [-0.2, 0) is 14.9 Å². The van der Waals surface area contributed by atoms with Crippen LogP contribution in [0.5, 0.6) is 0 Å². The Morgan fingerprint density at radius 2 is 2.12 bits per heavy atom. The van der Waals surface area contributed by atoms with Gasteiger partial charge in [0.1, 0.15) is 11.0 Å². The Kier molecular flexibility index (Phi) is 3.42. The fraction of sp³-hybridized carbons (Fsp3) is 0.444. The second kappa shape index (κ2) is 5.40. The molecule has 0 unspecified atom stereocenters. The highest BCUT2D eigenvalue weighted by Gasteiger charge is 2.52. The van der Waals surface area contributed by atoms with Crippen LogP contribution in [-0.4, -0.2) is 31.9 Å². The smallest absolute Gasteiger partial charge is 0.320 e. The number of nitrogens with one attached hydrogen (secondary N) is 1. The highest BCUT2D eigenvalue weighted by atomic mass is 16.6. The van der Waals surface area contributed by atoms with E-state index in [9.17, 15) is 4.79 Å². The minimum Gasteiger partial charge on any atom is -0.459 e. The highest BCUT2D eigenvalue weighted by molar-refractivity contribution is 5.92. The molecule has 1 N–H and O–H groups in total. The molecule has 2 aromatic heterocycles. The van der Waals surface area contributed by atoms with Gasteiger partial charge in [0.25, 0.3) is 5.89 Å². The third-order valence-electron chi connectivity index (χ3n) is 4.57. The molecule has 25 heavy (non-hydrogen) atoms. The van der Waals surface area contributed by atoms with E-state index in [1.807, 2.05) is 39.0 Å². The first-order valence-electron chi connectivity index (χ1n) is 8.39. The van der Waals surface area contributed by atoms with Crippen LogP contribution in [0, 0.1) is 0 Å². The number of rotatable bonds is 3. The normalized spacial score (nSPS) is 16.6. The molecule has 7 heteroatoms. The molecule has 2 heterocycles. The zero-order valence-corrected chi connectivity index (χ0v) is 14.5. The number of aromatic amines is 1. The van der Waals surface area contributed by atoms with Crippen molar-refractivity contribution in [3.8, 4) is 11.5 Å². The standard InChI is InChI=1S/C18H20N4O3/c1-17(2,3)24-16(23)18(8-5-9-18)15-20-14(25-22-15)11-6-4-7-13-12(11)10-19-21-13/h4,6-7,10H,5,8-9H2,1-3H3,(H,19,21). The fourth-order valence-electron chi connectivity index (χ4n) is 3.11. The van der Waals surface area contributed by atoms with E-state index < -0.39 is 11.0 Å². The topological polar surface area (TPSA) is 93.9 Å². The molecule has 1 aromatic carbocycles. The van der Waals surface area contributed by atoms with E-state index in [4.69, 9.17) is 9.26 Å². The number of fused-ring (bicyclic) bond motifs is 1. The Morgan fingerprint density at radius 1 is 1.32 bits per heavy atom. The molecule has 7 nitrogen and oxygen atoms in total. The monoisotopic (exact) mass is 340 g/mol. The molecule has 0 amide bonds. The molecule has 1 saturated carbocycles. The van der Waals surface area contributed by atoms with Crippen molar-refractivity contribution in [3.63, 3.8) is 0 Å². The van der Waals surface area contributed by atoms with Crippen molar-refractivity contribution in [2.24, 2.45) is 0 Å². The van der Waals surface area contributed by atoms with Crippen molar-refractivity contribution in [1.82, 2.24) is 20.3 Å². The Hall–Kier alpha value is -2.70. The summed E-state index contributed by atoms with van der Waals surface area (Å²) < 4.78 is 11.1. The number of carbonyl (C=O) groups is 1. The molecular formula is C18H20N4O3. The van der Waals surface area contributed by atoms with Gasteiger partial charge in [0.15, 0.2) is 5.82 Å². The third kappa shape index (κ3) is 2.59. The summed E-state index contributed by atoms with van der Waals surface area (Å²) in [6.45, 7) is 5.58. The van der Waals surface area contributed by atoms with Crippen LogP contribution in [0.4, 0.5) is 0 Å². The number of benzene rings is 1. The molecule has 1 aliphatic carbocycles. The van der Waals surface area contributed by atoms with E-state index in [0.29, 0.717) is 24.6 Å². The quantitative estimate of drug-likeness (QED) is 0.735. The van der Waals surface area contributed by atoms with Crippen molar-refractivity contribution < 1.29 is 14.1 Å². The molecule has 0 atom stereocenters. The lowest BCUT2D eigenvalue weighted by Crippen LogP contribution is -2.47. The van der Waals surface area contributed by atoms with Gasteiger partial charge < -0.3 is 9.26 Å². The zero-order valence-electron chi connectivity index (χ0n) is 14.5. The summed E-state index contributed by atoms with van der Waals surface area (Å²) in [4.78, 5) is 17.3. The molecule has 130 valence electrons. The molecule has 3 aromatic rings. The van der Waals surface area contributed by atoms with Crippen LogP contribution in [0.3, 0.4) is 0 Å². The lowest BCUT2D eigenvalue weighted by molar-refractivity contribution is -0.166. The van der Waals surface area contributed by atoms with Gasteiger partial charge in [0, 0.05) is 5.39 Å². The number of carbonyl (C=O) groups excluding carboxylic acids is 1. The van der Waals surface area contributed by atoms with Gasteiger partial charge in [-0.1, -0.05) is 17.6 Å². The number of esters is 1. The molecule has 0 aliphatic heterocycles. The Morgan fingerprint density at radius 3 is 2.80 bits per heavy atom. The van der Waals surface area contributed by atoms with Gasteiger partial charge in [0.2, 0.25) is 0 Å². The number of H-pyrrole nitrogens is 1. The Bertz CT molecular complexity index is 931. The summed E-state index contributed by atoms with van der Waals surface area (Å²) in [6.07, 6.45) is 4.02. The van der Waals surface area contributed by atoms with Crippen LogP contribution < -0.4 is 0 Å². The number of hydrogen-bond donors (Lipinski definition) is 1. The van der Waals surface area contributed by atoms with Gasteiger partial charge in [-0.15, -0.1) is 0 Å². The van der Waals surface area contributed by atoms with E-state index in [2.05, 4.69) is 20.3 Å². The van der Waals surface area contributed by atoms with Crippen molar-refractivity contribution >= 4 is 16.9 Å². The van der Waals surface area contributed by atoms with Gasteiger partial charge in [-0.3, -0.25) is 9.89 Å². The SMILES string of the molecule is CC(C)(C)OC(=O)C1(c2noc(-c3cccc4[nH]ncc34)n2)CCC1. The molecule has 1 aliphatic rings. The van der Waals surface area contributed by atoms with Gasteiger partial charge in [0.05, 0.1) is 17.3 Å². The van der Waals surface area contributed by atoms with Gasteiger partial charge >= 0.3 is 5.97 Å². The largest absolute Gasteiger partial charge is 0.459 e. The number of aromatic nitrogens is 4. The predicted octanol–water partition coefficient (Wildman–Crippen LogP) is 3.38. The average molecular weight is 340 g/mol. The molecule has 0 radical (unpaired) electrons. The van der Waals surface area contributed by atoms with E-state index in [0.717, 1.165) is 22.9 Å². The molecule has 0 bridgehead atoms. The molecular weight excluding hydrogens is 320 g/mol. The van der Waals surface area contributed by atoms with E-state index in [-0.39, 0.29) is 5.97 Å². The van der Waals surface area contributed by atoms with Crippen molar-refractivity contribution in [3.05, 3.63) is 30.2 Å². The first kappa shape index (κ1) is 15.8. The second-order valence-electron chi connectivity index (χ2n) is 7.50. The van der Waals surface area contributed by atoms with Crippen molar-refractivity contribution in [1.29, 1.82) is 0 Å². The number of hydrogen-bond acceptors (Lipinski definition) is 6. The summed E-state index contributed by atoms with van der Waals surface area (Å²) in [5.74, 6) is 0.514. The van der Waals surface area contributed by atoms with Gasteiger partial charge in [-0.25, -0.2) is 0 Å². The average Bonchev–Trinajstić information content (AvgIpc) is 3.12. The minimum absolute atomic E-state index is 0.278. The van der Waals surface area contributed by atoms with Gasteiger partial charge in [-0.2, -0.15) is 10.1 Å². The van der Waals surface area contributed by atoms with Crippen LogP contribution in [0.1, 0.15) is 45.9 Å². The minimum atomic E-state index is -0.792. The Labute approximate surface area is 144 Å². The van der Waals surface area contributed by atoms with Crippen LogP contribution in [0.25, 0.3) is 22.4 Å². The van der Waals surface area contributed by atoms with Crippen LogP contribution in [0.2, 0.25) is 0 Å². The van der Waals surface area contributed by atoms with E-state index in [1.165, 1.54) is 0 Å². The second-order valence-corrected chi connectivity index (χ2v) is 7.50. The molecule has 0 spiro atoms. The van der Waals surface area contributed by atoms with Crippen LogP contribution in [0.15, 0.2) is 28.9 Å². The molecule has 4 rings (SSSR count). The first-order chi connectivity index (χ1) is 11.9. The lowest BCUT2D eigenvalue weighted by Gasteiger charge is -2.38. The molecule has 0 saturated heterocycles. The lowest BCUT2D eigenvalue weighted by atomic mass is 9.68. The molecule has 1 fully saturated rings. The zero-order chi connectivity index (χ0) is 17.7. The van der Waals surface area contributed by atoms with E-state index >= 15 is 0 Å². The number of ether oxygens (including phenoxy) is 1. The van der Waals surface area contributed by atoms with Crippen molar-refractivity contribution in [2.75, 3.05) is 0 Å². The summed E-state index contributed by atoms with van der Waals surface area (Å²) >= 11 is 0. The summed E-state index contributed by atoms with van der Waals surface area (Å²) in [5, 5.41) is 12.0. The van der Waals surface area contributed by atoms with Crippen LogP contribution >= 0.6 is 0 Å². The Balaban J connectivity index is 1.71. The fourth-order valence-corrected chi connectivity index (χ4v) is 3.11. The summed E-state index contributed by atoms with van der Waals surface area (Å²) in [7, 11) is 0. The first-order valence-corrected chi connectivity index (χ1v) is 8.39. The third-order valence-corrected chi connectivity index (χ3v) is 4.57. The van der Waals surface area contributed by atoms with E-state index in [1.54, 1.807) is 6.20 Å². The summed E-state index contributed by atoms with van der Waals surface area (Å²) in [6, 6.07) is 5.72. The maximum absolute atomic E-state index is 12.7. The van der Waals surface area contributed by atoms with Crippen molar-refractivity contribution in [2.45, 2.75) is 51.0 Å². The predicted molar refractivity (Wildman–Crippen MR) is 90.8 cm³/mol. The maximum Gasteiger partial charge on any atom is 0.320 e. The highest BCUT2D eigenvalue weighted by Crippen LogP contribution is 2.44. The number of nitrogens with zero attached hydrogens (tertiary/aromatic N) is 3. The summed E-state index contributed by atoms with van der Waals surface area (Å²) in [5.41, 5.74) is 0.347. The maximum atomic E-state index is 12.7. The van der Waals surface area contributed by atoms with Gasteiger partial charge in [-0.05, 0) is 45.7 Å².